The molecule has 0 rings (SSSR count). The third-order valence-electron chi connectivity index (χ3n) is 3.20. The summed E-state index contributed by atoms with van der Waals surface area (Å²) in [6.07, 6.45) is 2.00. The van der Waals surface area contributed by atoms with E-state index in [4.69, 9.17) is 15.2 Å². The Hall–Kier alpha value is -1.63. The second-order valence-electron chi connectivity index (χ2n) is 6.45. The molecule has 0 saturated heterocycles. The molecule has 134 valence electrons. The minimum absolute atomic E-state index is 0.0735. The fourth-order valence-corrected chi connectivity index (χ4v) is 1.90. The molecule has 0 radical (unpaired) electrons. The molecule has 0 aromatic rings. The Labute approximate surface area is 137 Å². The Kier molecular flexibility index (Phi) is 8.82. The highest BCUT2D eigenvalue weighted by Crippen LogP contribution is 2.31. The van der Waals surface area contributed by atoms with Gasteiger partial charge in [0.15, 0.2) is 0 Å². The summed E-state index contributed by atoms with van der Waals surface area (Å²) in [6.45, 7) is 7.16. The molecule has 0 fully saturated rings. The number of nitrogens with two attached hydrogens (primary N) is 1. The Bertz CT molecular complexity index is 415. The third kappa shape index (κ3) is 6.56. The predicted octanol–water partition coefficient (Wildman–Crippen LogP) is 1.87. The highest BCUT2D eigenvalue weighted by atomic mass is 16.6. The van der Waals surface area contributed by atoms with Crippen LogP contribution in [0.15, 0.2) is 0 Å². The van der Waals surface area contributed by atoms with E-state index in [1.807, 2.05) is 6.92 Å². The average Bonchev–Trinajstić information content (AvgIpc) is 2.41. The van der Waals surface area contributed by atoms with Crippen LogP contribution in [0, 0.1) is 5.41 Å². The summed E-state index contributed by atoms with van der Waals surface area (Å²) in [7, 11) is 0. The van der Waals surface area contributed by atoms with Crippen LogP contribution in [0.1, 0.15) is 59.8 Å². The number of carboxylic acid groups (broad SMARTS) is 1. The minimum Gasteiger partial charge on any atom is -0.480 e. The van der Waals surface area contributed by atoms with E-state index in [9.17, 15) is 19.5 Å². The fraction of sp³-hybridized carbons (Fsp3) is 0.812. The van der Waals surface area contributed by atoms with Crippen molar-refractivity contribution in [3.8, 4) is 0 Å². The summed E-state index contributed by atoms with van der Waals surface area (Å²) >= 11 is 0. The summed E-state index contributed by atoms with van der Waals surface area (Å²) in [5, 5.41) is 9.58. The SMILES string of the molecule is CCCCOC(=O)C(CCCCN)(C(=O)O)C(=O)OC(C)(C)C. The summed E-state index contributed by atoms with van der Waals surface area (Å²) in [5.74, 6) is -3.70. The lowest BCUT2D eigenvalue weighted by Gasteiger charge is -2.29. The lowest BCUT2D eigenvalue weighted by Crippen LogP contribution is -2.50. The summed E-state index contributed by atoms with van der Waals surface area (Å²) < 4.78 is 10.2. The largest absolute Gasteiger partial charge is 0.480 e. The van der Waals surface area contributed by atoms with Gasteiger partial charge in [-0.15, -0.1) is 0 Å². The van der Waals surface area contributed by atoms with Gasteiger partial charge in [-0.05, 0) is 53.0 Å². The molecular formula is C16H29NO6. The number of carbonyl (C=O) groups is 3. The van der Waals surface area contributed by atoms with Crippen molar-refractivity contribution < 1.29 is 29.0 Å². The molecule has 3 N–H and O–H groups in total. The van der Waals surface area contributed by atoms with Gasteiger partial charge in [0.2, 0.25) is 0 Å². The van der Waals surface area contributed by atoms with Gasteiger partial charge in [0.25, 0.3) is 5.41 Å². The molecule has 0 spiro atoms. The molecule has 0 saturated carbocycles. The molecule has 0 bridgehead atoms. The van der Waals surface area contributed by atoms with Gasteiger partial charge >= 0.3 is 17.9 Å². The topological polar surface area (TPSA) is 116 Å². The molecular weight excluding hydrogens is 302 g/mol. The van der Waals surface area contributed by atoms with E-state index < -0.39 is 28.9 Å². The van der Waals surface area contributed by atoms with Crippen molar-refractivity contribution in [1.29, 1.82) is 0 Å². The molecule has 0 aromatic heterocycles. The van der Waals surface area contributed by atoms with Crippen LogP contribution in [0.5, 0.6) is 0 Å². The first-order valence-electron chi connectivity index (χ1n) is 7.96. The van der Waals surface area contributed by atoms with Gasteiger partial charge < -0.3 is 20.3 Å². The zero-order valence-corrected chi connectivity index (χ0v) is 14.5. The first kappa shape index (κ1) is 21.4. The Morgan fingerprint density at radius 1 is 1.04 bits per heavy atom. The van der Waals surface area contributed by atoms with Gasteiger partial charge in [-0.2, -0.15) is 0 Å². The standard InChI is InChI=1S/C16H29NO6/c1-5-6-11-22-13(20)16(12(18)19,9-7-8-10-17)14(21)23-15(2,3)4/h5-11,17H2,1-4H3,(H,18,19). The van der Waals surface area contributed by atoms with Crippen LogP contribution in [0.3, 0.4) is 0 Å². The van der Waals surface area contributed by atoms with Crippen molar-refractivity contribution in [2.24, 2.45) is 11.1 Å². The molecule has 0 aromatic carbocycles. The van der Waals surface area contributed by atoms with Crippen LogP contribution in [-0.4, -0.2) is 41.8 Å². The Morgan fingerprint density at radius 2 is 1.65 bits per heavy atom. The zero-order chi connectivity index (χ0) is 18.1. The number of hydrogen-bond acceptors (Lipinski definition) is 6. The normalized spacial score (nSPS) is 14.0. The number of carbonyl (C=O) groups excluding carboxylic acids is 2. The van der Waals surface area contributed by atoms with Crippen LogP contribution >= 0.6 is 0 Å². The maximum atomic E-state index is 12.5. The molecule has 0 amide bonds. The van der Waals surface area contributed by atoms with Crippen molar-refractivity contribution in [2.45, 2.75) is 65.4 Å². The lowest BCUT2D eigenvalue weighted by molar-refractivity contribution is -0.187. The molecule has 7 nitrogen and oxygen atoms in total. The second kappa shape index (κ2) is 9.50. The smallest absolute Gasteiger partial charge is 0.335 e. The monoisotopic (exact) mass is 331 g/mol. The zero-order valence-electron chi connectivity index (χ0n) is 14.5. The molecule has 0 aliphatic carbocycles. The minimum atomic E-state index is -2.34. The van der Waals surface area contributed by atoms with E-state index >= 15 is 0 Å². The van der Waals surface area contributed by atoms with E-state index in [-0.39, 0.29) is 13.0 Å². The number of rotatable bonds is 10. The van der Waals surface area contributed by atoms with E-state index in [0.717, 1.165) is 6.42 Å². The molecule has 0 aliphatic heterocycles. The Morgan fingerprint density at radius 3 is 2.09 bits per heavy atom. The number of hydrogen-bond donors (Lipinski definition) is 2. The first-order valence-corrected chi connectivity index (χ1v) is 7.96. The maximum Gasteiger partial charge on any atom is 0.335 e. The summed E-state index contributed by atoms with van der Waals surface area (Å²) in [4.78, 5) is 36.6. The molecule has 0 heterocycles. The van der Waals surface area contributed by atoms with E-state index in [1.54, 1.807) is 20.8 Å². The van der Waals surface area contributed by atoms with Crippen LogP contribution in [-0.2, 0) is 23.9 Å². The molecule has 1 atom stereocenters. The van der Waals surface area contributed by atoms with Crippen LogP contribution < -0.4 is 5.73 Å². The maximum absolute atomic E-state index is 12.5. The van der Waals surface area contributed by atoms with Gasteiger partial charge in [0, 0.05) is 0 Å². The van der Waals surface area contributed by atoms with Gasteiger partial charge in [0.05, 0.1) is 6.61 Å². The van der Waals surface area contributed by atoms with Crippen molar-refractivity contribution in [1.82, 2.24) is 0 Å². The van der Waals surface area contributed by atoms with Crippen molar-refractivity contribution in [3.05, 3.63) is 0 Å². The van der Waals surface area contributed by atoms with Crippen molar-refractivity contribution >= 4 is 17.9 Å². The Balaban J connectivity index is 5.45. The quantitative estimate of drug-likeness (QED) is 0.356. The van der Waals surface area contributed by atoms with Crippen molar-refractivity contribution in [3.63, 3.8) is 0 Å². The molecule has 7 heteroatoms. The molecule has 0 aliphatic rings. The van der Waals surface area contributed by atoms with E-state index in [2.05, 4.69) is 0 Å². The third-order valence-corrected chi connectivity index (χ3v) is 3.20. The molecule has 23 heavy (non-hydrogen) atoms. The van der Waals surface area contributed by atoms with Gasteiger partial charge in [-0.3, -0.25) is 14.4 Å². The summed E-state index contributed by atoms with van der Waals surface area (Å²) in [5.41, 5.74) is 2.16. The van der Waals surface area contributed by atoms with Gasteiger partial charge in [-0.1, -0.05) is 13.3 Å². The number of carboxylic acids is 1. The van der Waals surface area contributed by atoms with Crippen LogP contribution in [0.25, 0.3) is 0 Å². The van der Waals surface area contributed by atoms with Crippen molar-refractivity contribution in [2.75, 3.05) is 13.2 Å². The fourth-order valence-electron chi connectivity index (χ4n) is 1.90. The summed E-state index contributed by atoms with van der Waals surface area (Å²) in [6, 6.07) is 0. The average molecular weight is 331 g/mol. The van der Waals surface area contributed by atoms with Gasteiger partial charge in [0.1, 0.15) is 5.60 Å². The first-order chi connectivity index (χ1) is 10.6. The number of aliphatic carboxylic acids is 1. The number of ether oxygens (including phenoxy) is 2. The predicted molar refractivity (Wildman–Crippen MR) is 84.7 cm³/mol. The van der Waals surface area contributed by atoms with E-state index in [0.29, 0.717) is 25.8 Å². The highest BCUT2D eigenvalue weighted by molar-refractivity contribution is 6.17. The van der Waals surface area contributed by atoms with Crippen LogP contribution in [0.4, 0.5) is 0 Å². The lowest BCUT2D eigenvalue weighted by atomic mass is 9.82. The second-order valence-corrected chi connectivity index (χ2v) is 6.45. The number of esters is 2. The van der Waals surface area contributed by atoms with Crippen LogP contribution in [0.2, 0.25) is 0 Å². The number of unbranched alkanes of at least 4 members (excludes halogenated alkanes) is 2. The van der Waals surface area contributed by atoms with Gasteiger partial charge in [-0.25, -0.2) is 0 Å². The highest BCUT2D eigenvalue weighted by Gasteiger charge is 2.56. The van der Waals surface area contributed by atoms with E-state index in [1.165, 1.54) is 0 Å². The molecule has 1 unspecified atom stereocenters.